The van der Waals surface area contributed by atoms with Crippen LogP contribution in [-0.2, 0) is 0 Å². The third kappa shape index (κ3) is 4.59. The minimum absolute atomic E-state index is 0.377. The zero-order valence-corrected chi connectivity index (χ0v) is 11.2. The maximum atomic E-state index is 8.85. The molecule has 17 heavy (non-hydrogen) atoms. The molecule has 1 saturated carbocycles. The zero-order valence-electron chi connectivity index (χ0n) is 11.2. The first-order valence-electron chi connectivity index (χ1n) is 7.71. The molecule has 0 spiro atoms. The molecule has 2 rings (SSSR count). The van der Waals surface area contributed by atoms with E-state index < -0.39 is 0 Å². The number of nitrogens with zero attached hydrogens (tertiary/aromatic N) is 1. The molecule has 1 aliphatic carbocycles. The summed E-state index contributed by atoms with van der Waals surface area (Å²) in [5.74, 6) is 1.89. The van der Waals surface area contributed by atoms with Crippen molar-refractivity contribution >= 4 is 0 Å². The van der Waals surface area contributed by atoms with Crippen LogP contribution in [0.25, 0.3) is 0 Å². The summed E-state index contributed by atoms with van der Waals surface area (Å²) in [4.78, 5) is 2.70. The number of aliphatic hydroxyl groups is 1. The van der Waals surface area contributed by atoms with E-state index in [1.165, 1.54) is 71.0 Å². The van der Waals surface area contributed by atoms with E-state index in [9.17, 15) is 0 Å². The lowest BCUT2D eigenvalue weighted by atomic mass is 9.87. The van der Waals surface area contributed by atoms with Gasteiger partial charge in [0.05, 0.1) is 0 Å². The summed E-state index contributed by atoms with van der Waals surface area (Å²) in [6.07, 6.45) is 12.4. The van der Waals surface area contributed by atoms with Crippen LogP contribution < -0.4 is 0 Å². The number of piperidine rings is 1. The molecule has 2 nitrogen and oxygen atoms in total. The normalized spacial score (nSPS) is 25.2. The molecule has 100 valence electrons. The van der Waals surface area contributed by atoms with Gasteiger partial charge in [0, 0.05) is 13.2 Å². The molecule has 0 bridgehead atoms. The monoisotopic (exact) mass is 239 g/mol. The number of rotatable bonds is 5. The Balaban J connectivity index is 1.61. The quantitative estimate of drug-likeness (QED) is 0.797. The number of hydrogen-bond donors (Lipinski definition) is 1. The molecule has 1 heterocycles. The maximum absolute atomic E-state index is 8.85. The third-order valence-corrected chi connectivity index (χ3v) is 4.72. The molecular weight excluding hydrogens is 210 g/mol. The van der Waals surface area contributed by atoms with Crippen LogP contribution in [0.15, 0.2) is 0 Å². The Morgan fingerprint density at radius 1 is 0.882 bits per heavy atom. The maximum Gasteiger partial charge on any atom is 0.0431 e. The van der Waals surface area contributed by atoms with E-state index in [1.54, 1.807) is 0 Å². The predicted molar refractivity (Wildman–Crippen MR) is 72.1 cm³/mol. The lowest BCUT2D eigenvalue weighted by Crippen LogP contribution is -2.37. The molecule has 2 aliphatic rings. The topological polar surface area (TPSA) is 23.5 Å². The highest BCUT2D eigenvalue weighted by molar-refractivity contribution is 4.76. The van der Waals surface area contributed by atoms with Gasteiger partial charge in [-0.25, -0.2) is 0 Å². The second-order valence-electron chi connectivity index (χ2n) is 6.11. The van der Waals surface area contributed by atoms with E-state index in [-0.39, 0.29) is 0 Å². The highest BCUT2D eigenvalue weighted by Crippen LogP contribution is 2.27. The summed E-state index contributed by atoms with van der Waals surface area (Å²) in [6.45, 7) is 4.37. The summed E-state index contributed by atoms with van der Waals surface area (Å²) >= 11 is 0. The van der Waals surface area contributed by atoms with Crippen molar-refractivity contribution in [2.45, 2.75) is 57.8 Å². The molecule has 2 heteroatoms. The van der Waals surface area contributed by atoms with Gasteiger partial charge in [-0.15, -0.1) is 0 Å². The lowest BCUT2D eigenvalue weighted by Gasteiger charge is -2.35. The smallest absolute Gasteiger partial charge is 0.0431 e. The van der Waals surface area contributed by atoms with Crippen LogP contribution >= 0.6 is 0 Å². The van der Waals surface area contributed by atoms with Crippen LogP contribution in [0.4, 0.5) is 0 Å². The van der Waals surface area contributed by atoms with Crippen LogP contribution in [0.2, 0.25) is 0 Å². The van der Waals surface area contributed by atoms with Crippen molar-refractivity contribution in [2.75, 3.05) is 26.2 Å². The third-order valence-electron chi connectivity index (χ3n) is 4.72. The van der Waals surface area contributed by atoms with Crippen molar-refractivity contribution in [1.29, 1.82) is 0 Å². The van der Waals surface area contributed by atoms with Crippen molar-refractivity contribution in [3.63, 3.8) is 0 Å². The van der Waals surface area contributed by atoms with Gasteiger partial charge >= 0.3 is 0 Å². The lowest BCUT2D eigenvalue weighted by molar-refractivity contribution is 0.138. The molecule has 0 aromatic rings. The Hall–Kier alpha value is -0.0800. The number of likely N-dealkylation sites (tertiary alicyclic amines) is 1. The number of hydrogen-bond acceptors (Lipinski definition) is 2. The largest absolute Gasteiger partial charge is 0.396 e. The fourth-order valence-electron chi connectivity index (χ4n) is 3.57. The summed E-state index contributed by atoms with van der Waals surface area (Å²) in [5.41, 5.74) is 0. The average Bonchev–Trinajstić information content (AvgIpc) is 2.39. The van der Waals surface area contributed by atoms with E-state index in [0.717, 1.165) is 18.3 Å². The SMILES string of the molecule is OCCCC1CCN(CC2CCCCC2)CC1. The molecule has 0 unspecified atom stereocenters. The van der Waals surface area contributed by atoms with Crippen molar-refractivity contribution < 1.29 is 5.11 Å². The summed E-state index contributed by atoms with van der Waals surface area (Å²) in [6, 6.07) is 0. The van der Waals surface area contributed by atoms with E-state index in [0.29, 0.717) is 6.61 Å². The van der Waals surface area contributed by atoms with Gasteiger partial charge in [-0.1, -0.05) is 19.3 Å². The van der Waals surface area contributed by atoms with E-state index in [1.807, 2.05) is 0 Å². The molecule has 0 atom stereocenters. The van der Waals surface area contributed by atoms with Gasteiger partial charge in [-0.05, 0) is 63.5 Å². The Morgan fingerprint density at radius 2 is 1.59 bits per heavy atom. The van der Waals surface area contributed by atoms with Gasteiger partial charge in [0.1, 0.15) is 0 Å². The highest BCUT2D eigenvalue weighted by Gasteiger charge is 2.22. The van der Waals surface area contributed by atoms with Crippen LogP contribution in [0, 0.1) is 11.8 Å². The zero-order chi connectivity index (χ0) is 11.9. The van der Waals surface area contributed by atoms with Crippen LogP contribution in [0.5, 0.6) is 0 Å². The summed E-state index contributed by atoms with van der Waals surface area (Å²) in [7, 11) is 0. The first-order chi connectivity index (χ1) is 8.38. The molecular formula is C15H29NO. The van der Waals surface area contributed by atoms with Crippen molar-refractivity contribution in [1.82, 2.24) is 4.90 Å². The molecule has 2 fully saturated rings. The molecule has 1 N–H and O–H groups in total. The van der Waals surface area contributed by atoms with Gasteiger partial charge in [-0.3, -0.25) is 0 Å². The Morgan fingerprint density at radius 3 is 2.24 bits per heavy atom. The molecule has 0 aromatic carbocycles. The van der Waals surface area contributed by atoms with E-state index >= 15 is 0 Å². The van der Waals surface area contributed by atoms with Crippen LogP contribution in [0.3, 0.4) is 0 Å². The second kappa shape index (κ2) is 7.38. The van der Waals surface area contributed by atoms with Crippen molar-refractivity contribution in [3.05, 3.63) is 0 Å². The van der Waals surface area contributed by atoms with Gasteiger partial charge in [0.15, 0.2) is 0 Å². The molecule has 0 amide bonds. The minimum atomic E-state index is 0.377. The van der Waals surface area contributed by atoms with Gasteiger partial charge < -0.3 is 10.0 Å². The van der Waals surface area contributed by atoms with E-state index in [4.69, 9.17) is 5.11 Å². The second-order valence-corrected chi connectivity index (χ2v) is 6.11. The standard InChI is InChI=1S/C15H29NO/c17-12-4-7-14-8-10-16(11-9-14)13-15-5-2-1-3-6-15/h14-15,17H,1-13H2. The fourth-order valence-corrected chi connectivity index (χ4v) is 3.57. The van der Waals surface area contributed by atoms with E-state index in [2.05, 4.69) is 4.90 Å². The first-order valence-corrected chi connectivity index (χ1v) is 7.71. The highest BCUT2D eigenvalue weighted by atomic mass is 16.2. The Labute approximate surface area is 106 Å². The predicted octanol–water partition coefficient (Wildman–Crippen LogP) is 3.05. The fraction of sp³-hybridized carbons (Fsp3) is 1.00. The van der Waals surface area contributed by atoms with Gasteiger partial charge in [0.2, 0.25) is 0 Å². The summed E-state index contributed by atoms with van der Waals surface area (Å²) < 4.78 is 0. The molecule has 0 aromatic heterocycles. The van der Waals surface area contributed by atoms with Gasteiger partial charge in [0.25, 0.3) is 0 Å². The average molecular weight is 239 g/mol. The van der Waals surface area contributed by atoms with Crippen molar-refractivity contribution in [3.8, 4) is 0 Å². The molecule has 0 radical (unpaired) electrons. The van der Waals surface area contributed by atoms with Gasteiger partial charge in [-0.2, -0.15) is 0 Å². The minimum Gasteiger partial charge on any atom is -0.396 e. The van der Waals surface area contributed by atoms with Crippen LogP contribution in [0.1, 0.15) is 57.8 Å². The molecule has 1 aliphatic heterocycles. The molecule has 1 saturated heterocycles. The first kappa shape index (κ1) is 13.4. The Kier molecular flexibility index (Phi) is 5.79. The number of aliphatic hydroxyl groups excluding tert-OH is 1. The van der Waals surface area contributed by atoms with Crippen molar-refractivity contribution in [2.24, 2.45) is 11.8 Å². The Bertz CT molecular complexity index is 193. The van der Waals surface area contributed by atoms with Crippen LogP contribution in [-0.4, -0.2) is 36.2 Å². The summed E-state index contributed by atoms with van der Waals surface area (Å²) in [5, 5.41) is 8.85.